The summed E-state index contributed by atoms with van der Waals surface area (Å²) in [5, 5.41) is 21.7. The molecule has 1 aromatic heterocycles. The molecule has 3 rings (SSSR count). The number of para-hydroxylation sites is 2. The average Bonchev–Trinajstić information content (AvgIpc) is 3.10. The summed E-state index contributed by atoms with van der Waals surface area (Å²) in [6, 6.07) is 8.07. The number of carbonyl (C=O) groups is 1. The molecule has 2 aromatic rings. The second-order valence-electron chi connectivity index (χ2n) is 7.20. The molecule has 0 aliphatic carbocycles. The number of amides is 1. The second kappa shape index (κ2) is 8.49. The number of rotatable bonds is 5. The minimum atomic E-state index is -0.465. The lowest BCUT2D eigenvalue weighted by atomic mass is 9.77. The normalized spacial score (nSPS) is 18.4. The van der Waals surface area contributed by atoms with Crippen molar-refractivity contribution in [3.8, 4) is 5.69 Å². The Hall–Kier alpha value is -2.45. The van der Waals surface area contributed by atoms with E-state index in [-0.39, 0.29) is 41.2 Å². The van der Waals surface area contributed by atoms with Crippen LogP contribution < -0.4 is 10.6 Å². The molecule has 0 bridgehead atoms. The van der Waals surface area contributed by atoms with E-state index in [0.717, 1.165) is 19.4 Å². The van der Waals surface area contributed by atoms with E-state index in [1.165, 1.54) is 10.7 Å². The Balaban J connectivity index is 0.00000261. The summed E-state index contributed by atoms with van der Waals surface area (Å²) in [7, 11) is 0. The number of halogens is 1. The van der Waals surface area contributed by atoms with Gasteiger partial charge in [-0.15, -0.1) is 12.4 Å². The summed E-state index contributed by atoms with van der Waals surface area (Å²) in [6.45, 7) is 5.86. The summed E-state index contributed by atoms with van der Waals surface area (Å²) in [5.41, 5.74) is 0.620. The molecule has 1 aliphatic rings. The first-order valence-electron chi connectivity index (χ1n) is 8.69. The predicted molar refractivity (Wildman–Crippen MR) is 105 cm³/mol. The lowest BCUT2D eigenvalue weighted by Crippen LogP contribution is -2.52. The van der Waals surface area contributed by atoms with Gasteiger partial charge < -0.3 is 10.6 Å². The lowest BCUT2D eigenvalue weighted by Gasteiger charge is -2.39. The van der Waals surface area contributed by atoms with E-state index < -0.39 is 4.92 Å². The van der Waals surface area contributed by atoms with Gasteiger partial charge in [-0.3, -0.25) is 14.9 Å². The summed E-state index contributed by atoms with van der Waals surface area (Å²) in [5.74, 6) is -0.287. The van der Waals surface area contributed by atoms with Crippen molar-refractivity contribution in [1.82, 2.24) is 20.4 Å². The summed E-state index contributed by atoms with van der Waals surface area (Å²) >= 11 is 0. The summed E-state index contributed by atoms with van der Waals surface area (Å²) in [6.07, 6.45) is 3.81. The van der Waals surface area contributed by atoms with Crippen LogP contribution in [0.2, 0.25) is 0 Å². The number of nitrogens with zero attached hydrogens (tertiary/aromatic N) is 3. The molecule has 1 amide bonds. The number of nitrogens with one attached hydrogen (secondary N) is 2. The van der Waals surface area contributed by atoms with Gasteiger partial charge in [-0.1, -0.05) is 26.0 Å². The van der Waals surface area contributed by atoms with E-state index >= 15 is 0 Å². The monoisotopic (exact) mass is 393 g/mol. The van der Waals surface area contributed by atoms with Crippen LogP contribution in [0, 0.1) is 15.5 Å². The maximum atomic E-state index is 12.4. The minimum Gasteiger partial charge on any atom is -0.349 e. The first-order chi connectivity index (χ1) is 12.4. The second-order valence-corrected chi connectivity index (χ2v) is 7.20. The number of benzene rings is 1. The highest BCUT2D eigenvalue weighted by Crippen LogP contribution is 2.29. The standard InChI is InChI=1S/C18H23N5O3.ClH/c1-18(2)9-5-10-19-16(18)12-20-17(24)13-8-11-22(21-13)14-6-3-4-7-15(14)23(25)26;/h3-4,6-8,11,16,19H,5,9-10,12H2,1-2H3,(H,20,24);1H. The van der Waals surface area contributed by atoms with E-state index in [1.807, 2.05) is 0 Å². The Morgan fingerprint density at radius 1 is 1.41 bits per heavy atom. The first-order valence-corrected chi connectivity index (χ1v) is 8.69. The van der Waals surface area contributed by atoms with Crippen LogP contribution in [0.4, 0.5) is 5.69 Å². The Morgan fingerprint density at radius 2 is 2.15 bits per heavy atom. The van der Waals surface area contributed by atoms with E-state index in [9.17, 15) is 14.9 Å². The molecule has 1 atom stereocenters. The quantitative estimate of drug-likeness (QED) is 0.600. The number of aromatic nitrogens is 2. The van der Waals surface area contributed by atoms with Crippen molar-refractivity contribution in [3.63, 3.8) is 0 Å². The van der Waals surface area contributed by atoms with Gasteiger partial charge in [0, 0.05) is 24.8 Å². The SMILES string of the molecule is CC1(C)CCCNC1CNC(=O)c1ccn(-c2ccccc2[N+](=O)[O-])n1.Cl. The van der Waals surface area contributed by atoms with Crippen LogP contribution in [0.5, 0.6) is 0 Å². The fourth-order valence-corrected chi connectivity index (χ4v) is 3.30. The van der Waals surface area contributed by atoms with E-state index in [4.69, 9.17) is 0 Å². The van der Waals surface area contributed by atoms with Crippen molar-refractivity contribution in [2.24, 2.45) is 5.41 Å². The first kappa shape index (κ1) is 20.9. The van der Waals surface area contributed by atoms with Crippen LogP contribution in [-0.4, -0.2) is 39.7 Å². The van der Waals surface area contributed by atoms with Crippen molar-refractivity contribution in [3.05, 3.63) is 52.3 Å². The van der Waals surface area contributed by atoms with Crippen molar-refractivity contribution in [2.75, 3.05) is 13.1 Å². The van der Waals surface area contributed by atoms with Crippen LogP contribution in [0.3, 0.4) is 0 Å². The Kier molecular flexibility index (Phi) is 6.56. The summed E-state index contributed by atoms with van der Waals surface area (Å²) in [4.78, 5) is 23.1. The molecule has 0 spiro atoms. The zero-order chi connectivity index (χ0) is 18.7. The molecular weight excluding hydrogens is 370 g/mol. The van der Waals surface area contributed by atoms with Gasteiger partial charge in [-0.05, 0) is 36.9 Å². The van der Waals surface area contributed by atoms with Gasteiger partial charge in [-0.25, -0.2) is 4.68 Å². The molecule has 1 fully saturated rings. The fourth-order valence-electron chi connectivity index (χ4n) is 3.30. The van der Waals surface area contributed by atoms with Crippen molar-refractivity contribution >= 4 is 24.0 Å². The smallest absolute Gasteiger partial charge is 0.294 e. The number of hydrogen-bond acceptors (Lipinski definition) is 5. The number of hydrogen-bond donors (Lipinski definition) is 2. The maximum absolute atomic E-state index is 12.4. The third kappa shape index (κ3) is 4.64. The van der Waals surface area contributed by atoms with Gasteiger partial charge >= 0.3 is 0 Å². The topological polar surface area (TPSA) is 102 Å². The molecular formula is C18H24ClN5O3. The van der Waals surface area contributed by atoms with Gasteiger partial charge in [0.2, 0.25) is 0 Å². The number of piperidine rings is 1. The van der Waals surface area contributed by atoms with E-state index in [1.54, 1.807) is 30.5 Å². The van der Waals surface area contributed by atoms with Gasteiger partial charge in [0.25, 0.3) is 11.6 Å². The molecule has 1 aliphatic heterocycles. The molecule has 0 radical (unpaired) electrons. The highest BCUT2D eigenvalue weighted by Gasteiger charge is 2.32. The summed E-state index contributed by atoms with van der Waals surface area (Å²) < 4.78 is 1.36. The van der Waals surface area contributed by atoms with Gasteiger partial charge in [0.05, 0.1) is 4.92 Å². The van der Waals surface area contributed by atoms with Crippen LogP contribution in [0.25, 0.3) is 5.69 Å². The fraction of sp³-hybridized carbons (Fsp3) is 0.444. The molecule has 2 heterocycles. The molecule has 8 nitrogen and oxygen atoms in total. The zero-order valence-electron chi connectivity index (χ0n) is 15.3. The Morgan fingerprint density at radius 3 is 2.85 bits per heavy atom. The highest BCUT2D eigenvalue weighted by molar-refractivity contribution is 5.92. The van der Waals surface area contributed by atoms with Gasteiger partial charge in [0.1, 0.15) is 5.69 Å². The van der Waals surface area contributed by atoms with E-state index in [0.29, 0.717) is 12.2 Å². The van der Waals surface area contributed by atoms with Crippen LogP contribution >= 0.6 is 12.4 Å². The molecule has 0 saturated carbocycles. The predicted octanol–water partition coefficient (Wildman–Crippen LogP) is 2.71. The molecule has 1 saturated heterocycles. The molecule has 146 valence electrons. The minimum absolute atomic E-state index is 0. The van der Waals surface area contributed by atoms with Crippen LogP contribution in [0.15, 0.2) is 36.5 Å². The zero-order valence-corrected chi connectivity index (χ0v) is 16.2. The number of nitro groups is 1. The molecule has 27 heavy (non-hydrogen) atoms. The number of nitro benzene ring substituents is 1. The largest absolute Gasteiger partial charge is 0.349 e. The molecule has 9 heteroatoms. The average molecular weight is 394 g/mol. The maximum Gasteiger partial charge on any atom is 0.294 e. The molecule has 2 N–H and O–H groups in total. The van der Waals surface area contributed by atoms with Gasteiger partial charge in [-0.2, -0.15) is 5.10 Å². The van der Waals surface area contributed by atoms with Crippen molar-refractivity contribution in [1.29, 1.82) is 0 Å². The van der Waals surface area contributed by atoms with Crippen LogP contribution in [0.1, 0.15) is 37.2 Å². The van der Waals surface area contributed by atoms with Gasteiger partial charge in [0.15, 0.2) is 5.69 Å². The third-order valence-electron chi connectivity index (χ3n) is 4.95. The Labute approximate surface area is 163 Å². The van der Waals surface area contributed by atoms with E-state index in [2.05, 4.69) is 29.6 Å². The number of carbonyl (C=O) groups excluding carboxylic acids is 1. The molecule has 1 aromatic carbocycles. The molecule has 1 unspecified atom stereocenters. The Bertz CT molecular complexity index is 821. The highest BCUT2D eigenvalue weighted by atomic mass is 35.5. The third-order valence-corrected chi connectivity index (χ3v) is 4.95. The van der Waals surface area contributed by atoms with Crippen molar-refractivity contribution in [2.45, 2.75) is 32.7 Å². The van der Waals surface area contributed by atoms with Crippen molar-refractivity contribution < 1.29 is 9.72 Å². The van der Waals surface area contributed by atoms with Crippen LogP contribution in [-0.2, 0) is 0 Å². The lowest BCUT2D eigenvalue weighted by molar-refractivity contribution is -0.384.